The molecule has 0 bridgehead atoms. The van der Waals surface area contributed by atoms with Gasteiger partial charge >= 0.3 is 0 Å². The zero-order valence-corrected chi connectivity index (χ0v) is 12.8. The normalized spacial score (nSPS) is 10.0. The summed E-state index contributed by atoms with van der Waals surface area (Å²) in [4.78, 5) is 4.61. The Kier molecular flexibility index (Phi) is 6.84. The van der Waals surface area contributed by atoms with Crippen molar-refractivity contribution in [3.8, 4) is 17.0 Å². The van der Waals surface area contributed by atoms with E-state index in [1.165, 1.54) is 0 Å². The van der Waals surface area contributed by atoms with Crippen LogP contribution in [0.3, 0.4) is 0 Å². The number of nitrogens with one attached hydrogen (secondary N) is 1. The Morgan fingerprint density at radius 3 is 2.58 bits per heavy atom. The van der Waals surface area contributed by atoms with Crippen LogP contribution in [0, 0.1) is 0 Å². The first-order valence-electron chi connectivity index (χ1n) is 6.21. The zero-order chi connectivity index (χ0) is 12.8. The zero-order valence-electron chi connectivity index (χ0n) is 11.2. The summed E-state index contributed by atoms with van der Waals surface area (Å²) >= 11 is 1.69. The molecule has 3 nitrogen and oxygen atoms in total. The highest BCUT2D eigenvalue weighted by Gasteiger charge is 2.04. The number of rotatable bonds is 6. The summed E-state index contributed by atoms with van der Waals surface area (Å²) in [6, 6.07) is 8.08. The molecule has 104 valence electrons. The molecule has 0 aliphatic rings. The maximum absolute atomic E-state index is 5.43. The minimum Gasteiger partial charge on any atom is -0.494 e. The number of benzene rings is 1. The number of ether oxygens (including phenoxy) is 1. The van der Waals surface area contributed by atoms with Crippen LogP contribution >= 0.6 is 23.7 Å². The Bertz CT molecular complexity index is 484. The average Bonchev–Trinajstić information content (AvgIpc) is 2.86. The first-order valence-corrected chi connectivity index (χ1v) is 7.09. The van der Waals surface area contributed by atoms with Gasteiger partial charge in [-0.05, 0) is 37.7 Å². The van der Waals surface area contributed by atoms with Crippen molar-refractivity contribution in [2.75, 3.05) is 13.2 Å². The highest BCUT2D eigenvalue weighted by Crippen LogP contribution is 2.24. The van der Waals surface area contributed by atoms with Gasteiger partial charge in [0, 0.05) is 17.5 Å². The molecule has 1 aromatic carbocycles. The Balaban J connectivity index is 0.00000180. The molecule has 0 saturated heterocycles. The van der Waals surface area contributed by atoms with Crippen molar-refractivity contribution in [2.45, 2.75) is 20.4 Å². The van der Waals surface area contributed by atoms with Crippen molar-refractivity contribution in [1.82, 2.24) is 10.3 Å². The monoisotopic (exact) mass is 298 g/mol. The summed E-state index contributed by atoms with van der Waals surface area (Å²) in [5.41, 5.74) is 2.17. The molecule has 2 aromatic rings. The summed E-state index contributed by atoms with van der Waals surface area (Å²) < 4.78 is 5.43. The van der Waals surface area contributed by atoms with Gasteiger partial charge in [-0.15, -0.1) is 23.7 Å². The first kappa shape index (κ1) is 16.0. The molecule has 0 unspecified atom stereocenters. The molecule has 19 heavy (non-hydrogen) atoms. The summed E-state index contributed by atoms with van der Waals surface area (Å²) in [5, 5.41) is 6.51. The van der Waals surface area contributed by atoms with E-state index in [1.807, 2.05) is 19.1 Å². The number of thiazole rings is 1. The van der Waals surface area contributed by atoms with Crippen molar-refractivity contribution in [3.63, 3.8) is 0 Å². The van der Waals surface area contributed by atoms with Crippen LogP contribution in [0.1, 0.15) is 18.9 Å². The second-order valence-electron chi connectivity index (χ2n) is 3.86. The van der Waals surface area contributed by atoms with Gasteiger partial charge in [-0.2, -0.15) is 0 Å². The van der Waals surface area contributed by atoms with Gasteiger partial charge in [-0.25, -0.2) is 4.98 Å². The fourth-order valence-electron chi connectivity index (χ4n) is 1.65. The van der Waals surface area contributed by atoms with Gasteiger partial charge in [0.05, 0.1) is 12.3 Å². The quantitative estimate of drug-likeness (QED) is 0.882. The Morgan fingerprint density at radius 1 is 1.21 bits per heavy atom. The fraction of sp³-hybridized carbons (Fsp3) is 0.357. The molecule has 1 aromatic heterocycles. The van der Waals surface area contributed by atoms with Crippen LogP contribution < -0.4 is 10.1 Å². The number of nitrogens with zero attached hydrogens (tertiary/aromatic N) is 1. The van der Waals surface area contributed by atoms with E-state index in [2.05, 4.69) is 34.7 Å². The molecule has 0 spiro atoms. The molecule has 1 N–H and O–H groups in total. The van der Waals surface area contributed by atoms with Gasteiger partial charge in [0.25, 0.3) is 0 Å². The first-order chi connectivity index (χ1) is 8.83. The van der Waals surface area contributed by atoms with Crippen LogP contribution in [0.2, 0.25) is 0 Å². The van der Waals surface area contributed by atoms with Crippen molar-refractivity contribution in [3.05, 3.63) is 34.7 Å². The Labute approximate surface area is 124 Å². The second kappa shape index (κ2) is 8.15. The van der Waals surface area contributed by atoms with E-state index in [1.54, 1.807) is 11.3 Å². The molecule has 1 heterocycles. The van der Waals surface area contributed by atoms with Crippen LogP contribution in [0.5, 0.6) is 5.75 Å². The van der Waals surface area contributed by atoms with E-state index >= 15 is 0 Å². The lowest BCUT2D eigenvalue weighted by Gasteiger charge is -2.03. The van der Waals surface area contributed by atoms with Crippen LogP contribution in [0.15, 0.2) is 29.6 Å². The summed E-state index contributed by atoms with van der Waals surface area (Å²) in [5.74, 6) is 0.907. The van der Waals surface area contributed by atoms with E-state index in [0.717, 1.165) is 35.1 Å². The highest BCUT2D eigenvalue weighted by atomic mass is 35.5. The number of hydrogen-bond donors (Lipinski definition) is 1. The van der Waals surface area contributed by atoms with Crippen molar-refractivity contribution >= 4 is 23.7 Å². The SMILES string of the molecule is CCNCc1nc(-c2ccc(OCC)cc2)cs1.Cl. The predicted molar refractivity (Wildman–Crippen MR) is 83.3 cm³/mol. The third kappa shape index (κ3) is 4.49. The van der Waals surface area contributed by atoms with Crippen LogP contribution in [0.4, 0.5) is 0 Å². The fourth-order valence-corrected chi connectivity index (χ4v) is 2.42. The summed E-state index contributed by atoms with van der Waals surface area (Å²) in [6.45, 7) is 6.60. The van der Waals surface area contributed by atoms with Crippen molar-refractivity contribution < 1.29 is 4.74 Å². The molecule has 0 saturated carbocycles. The van der Waals surface area contributed by atoms with E-state index in [4.69, 9.17) is 4.74 Å². The molecule has 0 radical (unpaired) electrons. The van der Waals surface area contributed by atoms with Crippen LogP contribution in [0.25, 0.3) is 11.3 Å². The van der Waals surface area contributed by atoms with E-state index in [-0.39, 0.29) is 12.4 Å². The standard InChI is InChI=1S/C14H18N2OS.ClH/c1-3-15-9-14-16-13(10-18-14)11-5-7-12(8-6-11)17-4-2;/h5-8,10,15H,3-4,9H2,1-2H3;1H. The lowest BCUT2D eigenvalue weighted by molar-refractivity contribution is 0.340. The van der Waals surface area contributed by atoms with Crippen LogP contribution in [-0.2, 0) is 6.54 Å². The van der Waals surface area contributed by atoms with E-state index in [9.17, 15) is 0 Å². The molecule has 0 aliphatic carbocycles. The van der Waals surface area contributed by atoms with Gasteiger partial charge in [0.1, 0.15) is 10.8 Å². The maximum Gasteiger partial charge on any atom is 0.119 e. The van der Waals surface area contributed by atoms with Crippen molar-refractivity contribution in [2.24, 2.45) is 0 Å². The number of aromatic nitrogens is 1. The van der Waals surface area contributed by atoms with Gasteiger partial charge in [0.15, 0.2) is 0 Å². The lowest BCUT2D eigenvalue weighted by Crippen LogP contribution is -2.11. The summed E-state index contributed by atoms with van der Waals surface area (Å²) in [7, 11) is 0. The lowest BCUT2D eigenvalue weighted by atomic mass is 10.2. The largest absolute Gasteiger partial charge is 0.494 e. The minimum absolute atomic E-state index is 0. The average molecular weight is 299 g/mol. The minimum atomic E-state index is 0. The molecule has 0 aliphatic heterocycles. The Hall–Kier alpha value is -1.10. The molecule has 5 heteroatoms. The number of halogens is 1. The number of hydrogen-bond acceptors (Lipinski definition) is 4. The van der Waals surface area contributed by atoms with E-state index < -0.39 is 0 Å². The Morgan fingerprint density at radius 2 is 1.95 bits per heavy atom. The third-order valence-corrected chi connectivity index (χ3v) is 3.39. The molecule has 0 amide bonds. The molecule has 0 atom stereocenters. The van der Waals surface area contributed by atoms with Crippen molar-refractivity contribution in [1.29, 1.82) is 0 Å². The molecule has 2 rings (SSSR count). The molecule has 0 fully saturated rings. The van der Waals surface area contributed by atoms with Gasteiger partial charge in [0.2, 0.25) is 0 Å². The highest BCUT2D eigenvalue weighted by molar-refractivity contribution is 7.09. The summed E-state index contributed by atoms with van der Waals surface area (Å²) in [6.07, 6.45) is 0. The second-order valence-corrected chi connectivity index (χ2v) is 4.81. The van der Waals surface area contributed by atoms with E-state index in [0.29, 0.717) is 6.61 Å². The van der Waals surface area contributed by atoms with Crippen LogP contribution in [-0.4, -0.2) is 18.1 Å². The molecular weight excluding hydrogens is 280 g/mol. The smallest absolute Gasteiger partial charge is 0.119 e. The predicted octanol–water partition coefficient (Wildman–Crippen LogP) is 3.74. The van der Waals surface area contributed by atoms with Gasteiger partial charge in [-0.1, -0.05) is 6.92 Å². The van der Waals surface area contributed by atoms with Gasteiger partial charge in [-0.3, -0.25) is 0 Å². The maximum atomic E-state index is 5.43. The third-order valence-electron chi connectivity index (χ3n) is 2.54. The topological polar surface area (TPSA) is 34.2 Å². The molecular formula is C14H19ClN2OS. The van der Waals surface area contributed by atoms with Gasteiger partial charge < -0.3 is 10.1 Å².